The lowest BCUT2D eigenvalue weighted by Gasteiger charge is -2.09. The molecule has 6 heteroatoms. The standard InChI is InChI=1S/C21H17BrN4O/c1-2-13-3-9-16(10-4-13)24-21-25-19-18(20(27)26-21)17(11-12-23-19)14-5-7-15(22)8-6-14/h3-12H,2H2,1H3,(H2,23,24,25,26,27). The highest BCUT2D eigenvalue weighted by molar-refractivity contribution is 9.10. The van der Waals surface area contributed by atoms with E-state index in [1.165, 1.54) is 5.56 Å². The fourth-order valence-electron chi connectivity index (χ4n) is 2.95. The van der Waals surface area contributed by atoms with Crippen molar-refractivity contribution < 1.29 is 0 Å². The molecule has 5 nitrogen and oxygen atoms in total. The number of pyridine rings is 1. The van der Waals surface area contributed by atoms with E-state index in [-0.39, 0.29) is 5.56 Å². The molecule has 2 N–H and O–H groups in total. The first-order valence-corrected chi connectivity index (χ1v) is 9.44. The Morgan fingerprint density at radius 1 is 1.04 bits per heavy atom. The zero-order valence-electron chi connectivity index (χ0n) is 14.7. The van der Waals surface area contributed by atoms with Gasteiger partial charge in [0.1, 0.15) is 0 Å². The summed E-state index contributed by atoms with van der Waals surface area (Å²) in [6, 6.07) is 17.7. The topological polar surface area (TPSA) is 70.7 Å². The van der Waals surface area contributed by atoms with Gasteiger partial charge in [-0.05, 0) is 53.4 Å². The van der Waals surface area contributed by atoms with Crippen molar-refractivity contribution in [1.29, 1.82) is 0 Å². The molecule has 2 aromatic carbocycles. The number of nitrogens with zero attached hydrogens (tertiary/aromatic N) is 2. The van der Waals surface area contributed by atoms with Crippen LogP contribution in [0.15, 0.2) is 70.1 Å². The maximum atomic E-state index is 12.8. The zero-order chi connectivity index (χ0) is 18.8. The number of fused-ring (bicyclic) bond motifs is 1. The van der Waals surface area contributed by atoms with Gasteiger partial charge in [0, 0.05) is 16.4 Å². The number of aromatic nitrogens is 3. The van der Waals surface area contributed by atoms with Gasteiger partial charge in [-0.25, -0.2) is 4.98 Å². The molecule has 0 bridgehead atoms. The molecule has 0 radical (unpaired) electrons. The third kappa shape index (κ3) is 3.61. The predicted molar refractivity (Wildman–Crippen MR) is 112 cm³/mol. The second-order valence-electron chi connectivity index (χ2n) is 6.15. The van der Waals surface area contributed by atoms with Crippen LogP contribution in [0.1, 0.15) is 12.5 Å². The van der Waals surface area contributed by atoms with Crippen LogP contribution in [-0.4, -0.2) is 15.0 Å². The van der Waals surface area contributed by atoms with Gasteiger partial charge in [0.15, 0.2) is 5.65 Å². The van der Waals surface area contributed by atoms with Crippen LogP contribution in [0, 0.1) is 0 Å². The van der Waals surface area contributed by atoms with Crippen LogP contribution in [0.2, 0.25) is 0 Å². The van der Waals surface area contributed by atoms with Gasteiger partial charge in [0.25, 0.3) is 5.56 Å². The molecule has 2 heterocycles. The van der Waals surface area contributed by atoms with E-state index in [2.05, 4.69) is 43.1 Å². The molecular formula is C21H17BrN4O. The van der Waals surface area contributed by atoms with Gasteiger partial charge in [-0.1, -0.05) is 47.1 Å². The number of aromatic amines is 1. The minimum absolute atomic E-state index is 0.223. The van der Waals surface area contributed by atoms with Gasteiger partial charge < -0.3 is 5.32 Å². The average molecular weight is 421 g/mol. The van der Waals surface area contributed by atoms with Crippen molar-refractivity contribution in [2.24, 2.45) is 0 Å². The number of aryl methyl sites for hydroxylation is 1. The smallest absolute Gasteiger partial charge is 0.262 e. The largest absolute Gasteiger partial charge is 0.326 e. The lowest BCUT2D eigenvalue weighted by atomic mass is 10.0. The maximum Gasteiger partial charge on any atom is 0.262 e. The molecule has 0 aliphatic rings. The van der Waals surface area contributed by atoms with Gasteiger partial charge in [-0.3, -0.25) is 9.78 Å². The quantitative estimate of drug-likeness (QED) is 0.484. The van der Waals surface area contributed by atoms with E-state index in [0.29, 0.717) is 17.0 Å². The van der Waals surface area contributed by atoms with Crippen molar-refractivity contribution in [3.63, 3.8) is 0 Å². The molecule has 0 aliphatic carbocycles. The zero-order valence-corrected chi connectivity index (χ0v) is 16.2. The fourth-order valence-corrected chi connectivity index (χ4v) is 3.22. The van der Waals surface area contributed by atoms with Gasteiger partial charge in [0.2, 0.25) is 5.95 Å². The van der Waals surface area contributed by atoms with Crippen LogP contribution in [0.25, 0.3) is 22.2 Å². The Morgan fingerprint density at radius 2 is 1.78 bits per heavy atom. The molecule has 4 rings (SSSR count). The van der Waals surface area contributed by atoms with Crippen molar-refractivity contribution in [3.05, 3.63) is 81.2 Å². The molecular weight excluding hydrogens is 404 g/mol. The molecule has 0 saturated carbocycles. The Balaban J connectivity index is 1.76. The summed E-state index contributed by atoms with van der Waals surface area (Å²) in [5.74, 6) is 0.372. The summed E-state index contributed by atoms with van der Waals surface area (Å²) in [4.78, 5) is 24.4. The van der Waals surface area contributed by atoms with Gasteiger partial charge in [-0.15, -0.1) is 0 Å². The summed E-state index contributed by atoms with van der Waals surface area (Å²) in [7, 11) is 0. The number of rotatable bonds is 4. The lowest BCUT2D eigenvalue weighted by Crippen LogP contribution is -2.13. The number of benzene rings is 2. The number of hydrogen-bond acceptors (Lipinski definition) is 4. The van der Waals surface area contributed by atoms with Gasteiger partial charge >= 0.3 is 0 Å². The minimum atomic E-state index is -0.223. The SMILES string of the molecule is CCc1ccc(Nc2nc3nccc(-c4ccc(Br)cc4)c3c(=O)[nH]2)cc1. The van der Waals surface area contributed by atoms with Crippen LogP contribution < -0.4 is 10.9 Å². The normalized spacial score (nSPS) is 10.9. The maximum absolute atomic E-state index is 12.8. The van der Waals surface area contributed by atoms with Crippen molar-refractivity contribution in [2.75, 3.05) is 5.32 Å². The van der Waals surface area contributed by atoms with E-state index < -0.39 is 0 Å². The first kappa shape index (κ1) is 17.4. The summed E-state index contributed by atoms with van der Waals surface area (Å²) < 4.78 is 0.984. The lowest BCUT2D eigenvalue weighted by molar-refractivity contribution is 1.13. The highest BCUT2D eigenvalue weighted by atomic mass is 79.9. The molecule has 0 unspecified atom stereocenters. The summed E-state index contributed by atoms with van der Waals surface area (Å²) in [5, 5.41) is 3.62. The molecule has 27 heavy (non-hydrogen) atoms. The van der Waals surface area contributed by atoms with Crippen LogP contribution in [0.5, 0.6) is 0 Å². The Hall–Kier alpha value is -2.99. The minimum Gasteiger partial charge on any atom is -0.326 e. The van der Waals surface area contributed by atoms with Crippen molar-refractivity contribution >= 4 is 38.6 Å². The number of anilines is 2. The Bertz CT molecular complexity index is 1150. The highest BCUT2D eigenvalue weighted by Gasteiger charge is 2.11. The molecule has 0 atom stereocenters. The van der Waals surface area contributed by atoms with Crippen molar-refractivity contribution in [1.82, 2.24) is 15.0 Å². The molecule has 0 aliphatic heterocycles. The molecule has 0 fully saturated rings. The summed E-state index contributed by atoms with van der Waals surface area (Å²) in [6.07, 6.45) is 2.65. The number of hydrogen-bond donors (Lipinski definition) is 2. The summed E-state index contributed by atoms with van der Waals surface area (Å²) >= 11 is 3.43. The van der Waals surface area contributed by atoms with E-state index in [1.807, 2.05) is 54.6 Å². The van der Waals surface area contributed by atoms with E-state index in [0.717, 1.165) is 27.7 Å². The highest BCUT2D eigenvalue weighted by Crippen LogP contribution is 2.26. The second kappa shape index (κ2) is 7.32. The van der Waals surface area contributed by atoms with Crippen LogP contribution in [-0.2, 0) is 6.42 Å². The van der Waals surface area contributed by atoms with Gasteiger partial charge in [0.05, 0.1) is 5.39 Å². The number of halogens is 1. The van der Waals surface area contributed by atoms with E-state index in [9.17, 15) is 4.79 Å². The van der Waals surface area contributed by atoms with E-state index in [1.54, 1.807) is 6.20 Å². The first-order valence-electron chi connectivity index (χ1n) is 8.65. The summed E-state index contributed by atoms with van der Waals surface area (Å²) in [6.45, 7) is 2.11. The van der Waals surface area contributed by atoms with Crippen LogP contribution >= 0.6 is 15.9 Å². The Labute approximate surface area is 164 Å². The average Bonchev–Trinajstić information content (AvgIpc) is 2.69. The molecule has 0 spiro atoms. The van der Waals surface area contributed by atoms with Crippen LogP contribution in [0.3, 0.4) is 0 Å². The predicted octanol–water partition coefficient (Wildman–Crippen LogP) is 5.05. The summed E-state index contributed by atoms with van der Waals surface area (Å²) in [5.41, 5.74) is 4.04. The van der Waals surface area contributed by atoms with Crippen molar-refractivity contribution in [2.45, 2.75) is 13.3 Å². The van der Waals surface area contributed by atoms with E-state index >= 15 is 0 Å². The van der Waals surface area contributed by atoms with Crippen molar-refractivity contribution in [3.8, 4) is 11.1 Å². The Morgan fingerprint density at radius 3 is 2.48 bits per heavy atom. The molecule has 2 aromatic heterocycles. The third-order valence-corrected chi connectivity index (χ3v) is 4.92. The monoisotopic (exact) mass is 420 g/mol. The third-order valence-electron chi connectivity index (χ3n) is 4.39. The van der Waals surface area contributed by atoms with E-state index in [4.69, 9.17) is 0 Å². The second-order valence-corrected chi connectivity index (χ2v) is 7.07. The van der Waals surface area contributed by atoms with Crippen LogP contribution in [0.4, 0.5) is 11.6 Å². The molecule has 4 aromatic rings. The molecule has 0 amide bonds. The molecule has 0 saturated heterocycles. The molecule has 134 valence electrons. The number of H-pyrrole nitrogens is 1. The number of nitrogens with one attached hydrogen (secondary N) is 2. The fraction of sp³-hybridized carbons (Fsp3) is 0.0952. The Kier molecular flexibility index (Phi) is 4.73. The van der Waals surface area contributed by atoms with Gasteiger partial charge in [-0.2, -0.15) is 4.98 Å². The first-order chi connectivity index (χ1) is 13.1.